The lowest BCUT2D eigenvalue weighted by Gasteiger charge is -2.28. The predicted molar refractivity (Wildman–Crippen MR) is 117 cm³/mol. The number of aryl methyl sites for hydroxylation is 1. The van der Waals surface area contributed by atoms with E-state index >= 15 is 0 Å². The standard InChI is InChI=1S/C22H29FN2O4S/c1-16(2)29-21-12-10-18(11-13-21)7-6-14-24-22(26)17(3)25(30(4,27)28)20-9-5-8-19(23)15-20/h5,8-13,15-17H,6-7,14H2,1-4H3,(H,24,26). The van der Waals surface area contributed by atoms with Crippen LogP contribution in [0.4, 0.5) is 10.1 Å². The first-order valence-corrected chi connectivity index (χ1v) is 11.7. The van der Waals surface area contributed by atoms with Gasteiger partial charge in [0.2, 0.25) is 15.9 Å². The largest absolute Gasteiger partial charge is 0.491 e. The summed E-state index contributed by atoms with van der Waals surface area (Å²) in [6, 6.07) is 12.0. The van der Waals surface area contributed by atoms with Crippen LogP contribution in [-0.4, -0.2) is 39.3 Å². The third-order valence-electron chi connectivity index (χ3n) is 4.39. The lowest BCUT2D eigenvalue weighted by molar-refractivity contribution is -0.121. The first-order valence-electron chi connectivity index (χ1n) is 9.86. The highest BCUT2D eigenvalue weighted by Gasteiger charge is 2.29. The van der Waals surface area contributed by atoms with Gasteiger partial charge in [-0.05, 0) is 69.5 Å². The van der Waals surface area contributed by atoms with E-state index in [1.807, 2.05) is 38.1 Å². The van der Waals surface area contributed by atoms with Crippen molar-refractivity contribution in [1.29, 1.82) is 0 Å². The third kappa shape index (κ3) is 7.02. The highest BCUT2D eigenvalue weighted by atomic mass is 32.2. The van der Waals surface area contributed by atoms with Crippen molar-refractivity contribution < 1.29 is 22.3 Å². The van der Waals surface area contributed by atoms with E-state index in [4.69, 9.17) is 4.74 Å². The first-order chi connectivity index (χ1) is 14.1. The molecule has 0 aliphatic carbocycles. The molecule has 0 radical (unpaired) electrons. The second-order valence-electron chi connectivity index (χ2n) is 7.42. The van der Waals surface area contributed by atoms with Gasteiger partial charge in [-0.2, -0.15) is 0 Å². The molecule has 6 nitrogen and oxygen atoms in total. The van der Waals surface area contributed by atoms with Gasteiger partial charge in [0.1, 0.15) is 17.6 Å². The van der Waals surface area contributed by atoms with Crippen molar-refractivity contribution in [1.82, 2.24) is 5.32 Å². The number of halogens is 1. The van der Waals surface area contributed by atoms with E-state index in [0.29, 0.717) is 13.0 Å². The molecule has 0 saturated heterocycles. The molecule has 8 heteroatoms. The Kier molecular flexibility index (Phi) is 8.23. The number of rotatable bonds is 10. The normalized spacial score (nSPS) is 12.5. The minimum atomic E-state index is -3.77. The molecule has 0 aliphatic heterocycles. The summed E-state index contributed by atoms with van der Waals surface area (Å²) in [7, 11) is -3.77. The van der Waals surface area contributed by atoms with Crippen LogP contribution in [-0.2, 0) is 21.2 Å². The van der Waals surface area contributed by atoms with Crippen LogP contribution in [0.3, 0.4) is 0 Å². The number of hydrogen-bond donors (Lipinski definition) is 1. The van der Waals surface area contributed by atoms with Crippen LogP contribution in [0, 0.1) is 5.82 Å². The van der Waals surface area contributed by atoms with Crippen LogP contribution < -0.4 is 14.4 Å². The van der Waals surface area contributed by atoms with Crippen molar-refractivity contribution in [3.63, 3.8) is 0 Å². The lowest BCUT2D eigenvalue weighted by atomic mass is 10.1. The minimum absolute atomic E-state index is 0.115. The molecule has 1 N–H and O–H groups in total. The summed E-state index contributed by atoms with van der Waals surface area (Å²) in [6.07, 6.45) is 2.57. The maximum Gasteiger partial charge on any atom is 0.243 e. The number of amides is 1. The number of benzene rings is 2. The fourth-order valence-corrected chi connectivity index (χ4v) is 4.25. The number of carbonyl (C=O) groups is 1. The van der Waals surface area contributed by atoms with Gasteiger partial charge in [-0.1, -0.05) is 18.2 Å². The van der Waals surface area contributed by atoms with Crippen LogP contribution in [0.25, 0.3) is 0 Å². The Morgan fingerprint density at radius 3 is 2.37 bits per heavy atom. The van der Waals surface area contributed by atoms with Gasteiger partial charge in [-0.25, -0.2) is 12.8 Å². The molecule has 0 heterocycles. The number of ether oxygens (including phenoxy) is 1. The van der Waals surface area contributed by atoms with Crippen LogP contribution >= 0.6 is 0 Å². The number of nitrogens with one attached hydrogen (secondary N) is 1. The summed E-state index contributed by atoms with van der Waals surface area (Å²) in [5.74, 6) is -0.196. The van der Waals surface area contributed by atoms with Crippen LogP contribution in [0.5, 0.6) is 5.75 Å². The average Bonchev–Trinajstić information content (AvgIpc) is 2.65. The molecule has 2 rings (SSSR count). The van der Waals surface area contributed by atoms with E-state index in [9.17, 15) is 17.6 Å². The molecule has 0 saturated carbocycles. The Morgan fingerprint density at radius 2 is 1.80 bits per heavy atom. The molecule has 1 unspecified atom stereocenters. The third-order valence-corrected chi connectivity index (χ3v) is 5.63. The van der Waals surface area contributed by atoms with Gasteiger partial charge in [-0.3, -0.25) is 9.10 Å². The van der Waals surface area contributed by atoms with Gasteiger partial charge in [0.25, 0.3) is 0 Å². The minimum Gasteiger partial charge on any atom is -0.491 e. The zero-order valence-corrected chi connectivity index (χ0v) is 18.6. The number of anilines is 1. The van der Waals surface area contributed by atoms with Crippen molar-refractivity contribution in [2.45, 2.75) is 45.8 Å². The molecular weight excluding hydrogens is 407 g/mol. The molecule has 0 aliphatic rings. The van der Waals surface area contributed by atoms with Crippen molar-refractivity contribution in [3.05, 3.63) is 59.9 Å². The molecule has 1 atom stereocenters. The van der Waals surface area contributed by atoms with E-state index in [0.717, 1.165) is 34.4 Å². The molecule has 2 aromatic carbocycles. The molecule has 0 aromatic heterocycles. The molecule has 2 aromatic rings. The maximum atomic E-state index is 13.5. The Hall–Kier alpha value is -2.61. The second-order valence-corrected chi connectivity index (χ2v) is 9.28. The fraction of sp³-hybridized carbons (Fsp3) is 0.409. The van der Waals surface area contributed by atoms with E-state index in [-0.39, 0.29) is 11.8 Å². The maximum absolute atomic E-state index is 13.5. The van der Waals surface area contributed by atoms with Gasteiger partial charge in [0.05, 0.1) is 18.0 Å². The van der Waals surface area contributed by atoms with Crippen LogP contribution in [0.15, 0.2) is 48.5 Å². The smallest absolute Gasteiger partial charge is 0.243 e. The van der Waals surface area contributed by atoms with Crippen LogP contribution in [0.2, 0.25) is 0 Å². The monoisotopic (exact) mass is 436 g/mol. The molecule has 164 valence electrons. The highest BCUT2D eigenvalue weighted by Crippen LogP contribution is 2.21. The molecule has 0 bridgehead atoms. The van der Waals surface area contributed by atoms with Crippen molar-refractivity contribution in [2.24, 2.45) is 0 Å². The molecule has 30 heavy (non-hydrogen) atoms. The highest BCUT2D eigenvalue weighted by molar-refractivity contribution is 7.92. The van der Waals surface area contributed by atoms with Crippen molar-refractivity contribution in [3.8, 4) is 5.75 Å². The first kappa shape index (κ1) is 23.7. The van der Waals surface area contributed by atoms with Gasteiger partial charge in [0.15, 0.2) is 0 Å². The summed E-state index contributed by atoms with van der Waals surface area (Å²) in [4.78, 5) is 12.5. The van der Waals surface area contributed by atoms with E-state index < -0.39 is 27.8 Å². The Balaban J connectivity index is 1.91. The number of hydrogen-bond acceptors (Lipinski definition) is 4. The molecule has 0 spiro atoms. The van der Waals surface area contributed by atoms with E-state index in [1.54, 1.807) is 0 Å². The summed E-state index contributed by atoms with van der Waals surface area (Å²) >= 11 is 0. The topological polar surface area (TPSA) is 75.7 Å². The fourth-order valence-electron chi connectivity index (χ4n) is 3.08. The predicted octanol–water partition coefficient (Wildman–Crippen LogP) is 3.52. The summed E-state index contributed by atoms with van der Waals surface area (Å²) in [5, 5.41) is 2.76. The quantitative estimate of drug-likeness (QED) is 0.578. The lowest BCUT2D eigenvalue weighted by Crippen LogP contribution is -2.48. The second kappa shape index (κ2) is 10.4. The zero-order chi connectivity index (χ0) is 22.3. The van der Waals surface area contributed by atoms with E-state index in [1.165, 1.54) is 25.1 Å². The molecule has 1 amide bonds. The Morgan fingerprint density at radius 1 is 1.13 bits per heavy atom. The van der Waals surface area contributed by atoms with Crippen molar-refractivity contribution in [2.75, 3.05) is 17.1 Å². The van der Waals surface area contributed by atoms with Gasteiger partial charge < -0.3 is 10.1 Å². The summed E-state index contributed by atoms with van der Waals surface area (Å²) in [5.41, 5.74) is 1.23. The summed E-state index contributed by atoms with van der Waals surface area (Å²) in [6.45, 7) is 5.82. The zero-order valence-electron chi connectivity index (χ0n) is 17.8. The van der Waals surface area contributed by atoms with Crippen LogP contribution in [0.1, 0.15) is 32.8 Å². The Bertz CT molecular complexity index is 946. The van der Waals surface area contributed by atoms with Gasteiger partial charge in [0, 0.05) is 6.54 Å². The average molecular weight is 437 g/mol. The molecule has 0 fully saturated rings. The Labute approximate surface area is 178 Å². The van der Waals surface area contributed by atoms with E-state index in [2.05, 4.69) is 5.32 Å². The number of carbonyl (C=O) groups excluding carboxylic acids is 1. The van der Waals surface area contributed by atoms with Crippen molar-refractivity contribution >= 4 is 21.6 Å². The van der Waals surface area contributed by atoms with Gasteiger partial charge in [-0.15, -0.1) is 0 Å². The SMILES string of the molecule is CC(C)Oc1ccc(CCCNC(=O)C(C)N(c2cccc(F)c2)S(C)(=O)=O)cc1. The number of sulfonamides is 1. The molecular formula is C22H29FN2O4S. The van der Waals surface area contributed by atoms with Gasteiger partial charge >= 0.3 is 0 Å². The number of nitrogens with zero attached hydrogens (tertiary/aromatic N) is 1. The summed E-state index contributed by atoms with van der Waals surface area (Å²) < 4.78 is 44.5.